The monoisotopic (exact) mass is 556 g/mol. The van der Waals surface area contributed by atoms with Gasteiger partial charge in [0.05, 0.1) is 32.5 Å². The van der Waals surface area contributed by atoms with E-state index in [1.165, 1.54) is 16.7 Å². The van der Waals surface area contributed by atoms with E-state index in [2.05, 4.69) is 124 Å². The van der Waals surface area contributed by atoms with Gasteiger partial charge < -0.3 is 13.9 Å². The van der Waals surface area contributed by atoms with Gasteiger partial charge in [-0.3, -0.25) is 0 Å². The van der Waals surface area contributed by atoms with Crippen LogP contribution in [0.1, 0.15) is 50.3 Å². The SMILES string of the molecule is CC[Si](CC)(CC)O[C@@H]1[C@H](/C=C\Cc2ccccc2)CCC1(COCc1ccccc1)COCc1ccccc1. The fourth-order valence-electron chi connectivity index (χ4n) is 6.12. The average molecular weight is 557 g/mol. The van der Waals surface area contributed by atoms with Gasteiger partial charge in [0.2, 0.25) is 0 Å². The predicted octanol–water partition coefficient (Wildman–Crippen LogP) is 9.01. The lowest BCUT2D eigenvalue weighted by molar-refractivity contribution is -0.0832. The van der Waals surface area contributed by atoms with E-state index in [9.17, 15) is 0 Å². The number of rotatable bonds is 16. The molecule has 0 spiro atoms. The zero-order chi connectivity index (χ0) is 28.1. The van der Waals surface area contributed by atoms with Gasteiger partial charge in [-0.2, -0.15) is 0 Å². The molecule has 0 aromatic heterocycles. The fraction of sp³-hybridized carbons (Fsp3) is 0.444. The fourth-order valence-corrected chi connectivity index (χ4v) is 9.08. The Morgan fingerprint density at radius 1 is 0.700 bits per heavy atom. The van der Waals surface area contributed by atoms with Crippen molar-refractivity contribution in [2.45, 2.75) is 77.5 Å². The van der Waals surface area contributed by atoms with Crippen molar-refractivity contribution in [3.63, 3.8) is 0 Å². The molecule has 0 amide bonds. The molecule has 0 radical (unpaired) electrons. The van der Waals surface area contributed by atoms with Crippen LogP contribution in [0, 0.1) is 11.3 Å². The van der Waals surface area contributed by atoms with Gasteiger partial charge >= 0.3 is 0 Å². The second-order valence-electron chi connectivity index (χ2n) is 11.4. The zero-order valence-corrected chi connectivity index (χ0v) is 25.8. The molecule has 4 heteroatoms. The molecule has 0 unspecified atom stereocenters. The van der Waals surface area contributed by atoms with Crippen LogP contribution in [0.25, 0.3) is 0 Å². The minimum absolute atomic E-state index is 0.0950. The van der Waals surface area contributed by atoms with Crippen LogP contribution in [-0.2, 0) is 33.5 Å². The molecular formula is C36H48O3Si. The molecule has 0 aliphatic heterocycles. The minimum Gasteiger partial charge on any atom is -0.413 e. The summed E-state index contributed by atoms with van der Waals surface area (Å²) < 4.78 is 20.4. The third-order valence-corrected chi connectivity index (χ3v) is 13.5. The maximum absolute atomic E-state index is 7.41. The first-order valence-corrected chi connectivity index (χ1v) is 17.8. The molecule has 3 nitrogen and oxygen atoms in total. The Bertz CT molecular complexity index is 1070. The van der Waals surface area contributed by atoms with Gasteiger partial charge in [-0.05, 0) is 54.1 Å². The molecule has 3 aromatic rings. The standard InChI is InChI=1S/C36H48O3Si/c1-4-40(5-2,6-3)39-35-34(24-16-23-31-17-10-7-11-18-31)25-26-36(35,29-37-27-32-19-12-8-13-20-32)30-38-28-33-21-14-9-15-22-33/h7-22,24,34-35H,4-6,23,25-30H2,1-3H3/b24-16-/t34-,35-/m1/s1. The van der Waals surface area contributed by atoms with E-state index in [-0.39, 0.29) is 11.5 Å². The van der Waals surface area contributed by atoms with Crippen LogP contribution in [0.5, 0.6) is 0 Å². The normalized spacial score (nSPS) is 18.9. The van der Waals surface area contributed by atoms with Gasteiger partial charge in [0, 0.05) is 11.3 Å². The van der Waals surface area contributed by atoms with Gasteiger partial charge in [0.1, 0.15) is 0 Å². The lowest BCUT2D eigenvalue weighted by atomic mass is 9.84. The van der Waals surface area contributed by atoms with Gasteiger partial charge in [-0.15, -0.1) is 0 Å². The van der Waals surface area contributed by atoms with Crippen molar-refractivity contribution in [1.29, 1.82) is 0 Å². The molecule has 1 saturated carbocycles. The van der Waals surface area contributed by atoms with Crippen molar-refractivity contribution < 1.29 is 13.9 Å². The van der Waals surface area contributed by atoms with Crippen molar-refractivity contribution >= 4 is 8.32 Å². The van der Waals surface area contributed by atoms with Crippen molar-refractivity contribution in [3.05, 3.63) is 120 Å². The molecule has 1 aliphatic rings. The molecule has 0 N–H and O–H groups in total. The summed E-state index contributed by atoms with van der Waals surface area (Å²) in [6.07, 6.45) is 7.98. The molecule has 1 aliphatic carbocycles. The zero-order valence-electron chi connectivity index (χ0n) is 24.8. The van der Waals surface area contributed by atoms with Crippen molar-refractivity contribution in [3.8, 4) is 0 Å². The largest absolute Gasteiger partial charge is 0.413 e. The molecule has 214 valence electrons. The highest BCUT2D eigenvalue weighted by Gasteiger charge is 2.51. The van der Waals surface area contributed by atoms with E-state index in [0.29, 0.717) is 32.3 Å². The van der Waals surface area contributed by atoms with Gasteiger partial charge in [-0.25, -0.2) is 0 Å². The molecule has 2 atom stereocenters. The number of benzene rings is 3. The number of allylic oxidation sites excluding steroid dienone is 1. The summed E-state index contributed by atoms with van der Waals surface area (Å²) >= 11 is 0. The summed E-state index contributed by atoms with van der Waals surface area (Å²) in [6.45, 7) is 9.49. The Hall–Kier alpha value is -2.50. The Morgan fingerprint density at radius 3 is 1.65 bits per heavy atom. The quantitative estimate of drug-likeness (QED) is 0.130. The van der Waals surface area contributed by atoms with Gasteiger partial charge in [0.25, 0.3) is 0 Å². The number of hydrogen-bond donors (Lipinski definition) is 0. The summed E-state index contributed by atoms with van der Waals surface area (Å²) in [5, 5.41) is 0. The maximum atomic E-state index is 7.41. The second kappa shape index (κ2) is 15.5. The van der Waals surface area contributed by atoms with E-state index in [1.54, 1.807) is 0 Å². The Kier molecular flexibility index (Phi) is 11.8. The molecular weight excluding hydrogens is 508 g/mol. The van der Waals surface area contributed by atoms with Crippen LogP contribution in [0.2, 0.25) is 18.1 Å². The Labute approximate surface area is 243 Å². The highest BCUT2D eigenvalue weighted by Crippen LogP contribution is 2.48. The second-order valence-corrected chi connectivity index (χ2v) is 16.1. The summed E-state index contributed by atoms with van der Waals surface area (Å²) in [5.41, 5.74) is 3.58. The Balaban J connectivity index is 1.57. The third-order valence-electron chi connectivity index (χ3n) is 8.86. The lowest BCUT2D eigenvalue weighted by Crippen LogP contribution is -2.50. The highest BCUT2D eigenvalue weighted by molar-refractivity contribution is 6.73. The van der Waals surface area contributed by atoms with Crippen LogP contribution in [0.15, 0.2) is 103 Å². The summed E-state index contributed by atoms with van der Waals surface area (Å²) in [4.78, 5) is 0. The first-order valence-electron chi connectivity index (χ1n) is 15.2. The first-order chi connectivity index (χ1) is 19.6. The molecule has 40 heavy (non-hydrogen) atoms. The average Bonchev–Trinajstić information content (AvgIpc) is 3.33. The molecule has 0 bridgehead atoms. The highest BCUT2D eigenvalue weighted by atomic mass is 28.4. The Morgan fingerprint density at radius 2 is 1.18 bits per heavy atom. The van der Waals surface area contributed by atoms with Crippen molar-refractivity contribution in [2.24, 2.45) is 11.3 Å². The van der Waals surface area contributed by atoms with Crippen LogP contribution >= 0.6 is 0 Å². The number of ether oxygens (including phenoxy) is 2. The molecule has 4 rings (SSSR count). The predicted molar refractivity (Wildman–Crippen MR) is 169 cm³/mol. The lowest BCUT2D eigenvalue weighted by Gasteiger charge is -2.42. The van der Waals surface area contributed by atoms with E-state index >= 15 is 0 Å². The molecule has 0 heterocycles. The maximum Gasteiger partial charge on any atom is 0.192 e. The van der Waals surface area contributed by atoms with Crippen LogP contribution in [0.4, 0.5) is 0 Å². The van der Waals surface area contributed by atoms with E-state index in [4.69, 9.17) is 13.9 Å². The topological polar surface area (TPSA) is 27.7 Å². The third kappa shape index (κ3) is 8.26. The summed E-state index contributed by atoms with van der Waals surface area (Å²) in [7, 11) is -1.87. The number of hydrogen-bond acceptors (Lipinski definition) is 3. The summed E-state index contributed by atoms with van der Waals surface area (Å²) in [6, 6.07) is 35.1. The van der Waals surface area contributed by atoms with E-state index in [0.717, 1.165) is 37.4 Å². The van der Waals surface area contributed by atoms with Crippen molar-refractivity contribution in [1.82, 2.24) is 0 Å². The van der Waals surface area contributed by atoms with Crippen molar-refractivity contribution in [2.75, 3.05) is 13.2 Å². The smallest absolute Gasteiger partial charge is 0.192 e. The van der Waals surface area contributed by atoms with Crippen LogP contribution in [0.3, 0.4) is 0 Å². The summed E-state index contributed by atoms with van der Waals surface area (Å²) in [5.74, 6) is 0.362. The molecule has 0 saturated heterocycles. The van der Waals surface area contributed by atoms with Gasteiger partial charge in [0.15, 0.2) is 8.32 Å². The first kappa shape index (κ1) is 30.5. The van der Waals surface area contributed by atoms with Gasteiger partial charge in [-0.1, -0.05) is 124 Å². The van der Waals surface area contributed by atoms with Crippen LogP contribution in [-0.4, -0.2) is 27.6 Å². The van der Waals surface area contributed by atoms with E-state index < -0.39 is 8.32 Å². The van der Waals surface area contributed by atoms with E-state index in [1.807, 2.05) is 0 Å². The minimum atomic E-state index is -1.87. The van der Waals surface area contributed by atoms with Crippen LogP contribution < -0.4 is 0 Å². The molecule has 3 aromatic carbocycles. The molecule has 1 fully saturated rings.